The van der Waals surface area contributed by atoms with Crippen LogP contribution in [0.1, 0.15) is 12.6 Å². The second-order valence-electron chi connectivity index (χ2n) is 6.78. The number of pyridine rings is 2. The third kappa shape index (κ3) is 3.13. The van der Waals surface area contributed by atoms with Crippen LogP contribution in [0.2, 0.25) is 0 Å². The summed E-state index contributed by atoms with van der Waals surface area (Å²) in [7, 11) is 1.30. The Kier molecular flexibility index (Phi) is 5.01. The van der Waals surface area contributed by atoms with Crippen molar-refractivity contribution in [3.8, 4) is 6.07 Å². The highest BCUT2D eigenvalue weighted by Crippen LogP contribution is 2.35. The van der Waals surface area contributed by atoms with Crippen LogP contribution in [0.25, 0.3) is 11.0 Å². The van der Waals surface area contributed by atoms with E-state index in [1.165, 1.54) is 26.1 Å². The number of nitrogens with zero attached hydrogens (tertiary/aromatic N) is 6. The maximum Gasteiger partial charge on any atom is 0.407 e. The van der Waals surface area contributed by atoms with Crippen LogP contribution in [-0.4, -0.2) is 66.8 Å². The highest BCUT2D eigenvalue weighted by molar-refractivity contribution is 5.96. The second kappa shape index (κ2) is 7.32. The third-order valence-electron chi connectivity index (χ3n) is 5.05. The van der Waals surface area contributed by atoms with Gasteiger partial charge >= 0.3 is 23.3 Å². The zero-order valence-electron chi connectivity index (χ0n) is 15.8. The summed E-state index contributed by atoms with van der Waals surface area (Å²) in [5.41, 5.74) is -2.23. The topological polar surface area (TPSA) is 183 Å². The fourth-order valence-electron chi connectivity index (χ4n) is 3.58. The molecular formula is C17H16N6O7. The van der Waals surface area contributed by atoms with Crippen LogP contribution in [0, 0.1) is 21.4 Å². The van der Waals surface area contributed by atoms with Crippen molar-refractivity contribution in [2.24, 2.45) is 7.05 Å². The van der Waals surface area contributed by atoms with E-state index in [-0.39, 0.29) is 29.0 Å². The summed E-state index contributed by atoms with van der Waals surface area (Å²) in [4.78, 5) is 53.1. The molecule has 2 atom stereocenters. The minimum absolute atomic E-state index is 0.0826. The number of amides is 1. The van der Waals surface area contributed by atoms with E-state index in [1.807, 2.05) is 6.07 Å². The number of aryl methyl sites for hydroxylation is 1. The zero-order valence-corrected chi connectivity index (χ0v) is 15.8. The van der Waals surface area contributed by atoms with Gasteiger partial charge in [-0.25, -0.2) is 14.6 Å². The highest BCUT2D eigenvalue weighted by Gasteiger charge is 2.42. The molecule has 156 valence electrons. The Morgan fingerprint density at radius 1 is 1.33 bits per heavy atom. The number of nitro groups is 1. The number of piperazine rings is 1. The van der Waals surface area contributed by atoms with Gasteiger partial charge in [0.2, 0.25) is 0 Å². The fraction of sp³-hybridized carbons (Fsp3) is 0.353. The van der Waals surface area contributed by atoms with Crippen LogP contribution >= 0.6 is 0 Å². The summed E-state index contributed by atoms with van der Waals surface area (Å²) in [6.45, 7) is 0.810. The Balaban J connectivity index is 2.39. The molecule has 0 spiro atoms. The molecule has 13 nitrogen and oxygen atoms in total. The van der Waals surface area contributed by atoms with E-state index in [2.05, 4.69) is 4.98 Å². The van der Waals surface area contributed by atoms with Crippen molar-refractivity contribution in [2.45, 2.75) is 19.0 Å². The zero-order chi connectivity index (χ0) is 22.3. The number of aliphatic carboxylic acids is 1. The first-order chi connectivity index (χ1) is 14.1. The molecule has 3 heterocycles. The van der Waals surface area contributed by atoms with Crippen LogP contribution in [0.15, 0.2) is 16.9 Å². The van der Waals surface area contributed by atoms with Crippen LogP contribution in [0.3, 0.4) is 0 Å². The lowest BCUT2D eigenvalue weighted by molar-refractivity contribution is -0.385. The van der Waals surface area contributed by atoms with Gasteiger partial charge < -0.3 is 24.6 Å². The number of carboxylic acid groups (broad SMARTS) is 2. The summed E-state index contributed by atoms with van der Waals surface area (Å²) in [5.74, 6) is -1.42. The maximum atomic E-state index is 12.7. The number of hydrogen-bond donors (Lipinski definition) is 2. The monoisotopic (exact) mass is 416 g/mol. The quantitative estimate of drug-likeness (QED) is 0.523. The smallest absolute Gasteiger partial charge is 0.407 e. The number of fused-ring (bicyclic) bond motifs is 1. The first-order valence-corrected chi connectivity index (χ1v) is 8.65. The van der Waals surface area contributed by atoms with Crippen LogP contribution in [-0.2, 0) is 11.8 Å². The molecular weight excluding hydrogens is 400 g/mol. The van der Waals surface area contributed by atoms with Gasteiger partial charge in [-0.15, -0.1) is 0 Å². The highest BCUT2D eigenvalue weighted by atomic mass is 16.6. The van der Waals surface area contributed by atoms with Crippen LogP contribution in [0.5, 0.6) is 0 Å². The van der Waals surface area contributed by atoms with Crippen molar-refractivity contribution in [1.29, 1.82) is 5.26 Å². The Bertz CT molecular complexity index is 1180. The van der Waals surface area contributed by atoms with E-state index in [9.17, 15) is 40.0 Å². The lowest BCUT2D eigenvalue weighted by Gasteiger charge is -2.43. The molecule has 2 N–H and O–H groups in total. The van der Waals surface area contributed by atoms with E-state index >= 15 is 0 Å². The van der Waals surface area contributed by atoms with Gasteiger partial charge in [-0.05, 0) is 19.1 Å². The van der Waals surface area contributed by atoms with Crippen LogP contribution in [0.4, 0.5) is 16.2 Å². The van der Waals surface area contributed by atoms with Crippen molar-refractivity contribution >= 4 is 34.5 Å². The molecule has 1 saturated heterocycles. The van der Waals surface area contributed by atoms with Gasteiger partial charge in [0.1, 0.15) is 23.3 Å². The standard InChI is InChI=1S/C17H16N6O7/c1-8-6-22(11(16(25)26)7-21(8)17(27)28)13-12-10(4-3-9(5-18)19-12)20(2)15(24)14(13)23(29)30/h3-4,8,11H,6-7H2,1-2H3,(H,25,26)(H,27,28)/t8-,11-/m1/s1. The molecule has 3 rings (SSSR count). The summed E-state index contributed by atoms with van der Waals surface area (Å²) in [5, 5.41) is 40.0. The predicted molar refractivity (Wildman–Crippen MR) is 101 cm³/mol. The molecule has 0 bridgehead atoms. The number of aromatic nitrogens is 2. The van der Waals surface area contributed by atoms with Gasteiger partial charge in [0.25, 0.3) is 0 Å². The first-order valence-electron chi connectivity index (χ1n) is 8.65. The third-order valence-corrected chi connectivity index (χ3v) is 5.05. The molecule has 1 fully saturated rings. The molecule has 13 heteroatoms. The Hall–Kier alpha value is -4.21. The van der Waals surface area contributed by atoms with Crippen molar-refractivity contribution in [3.63, 3.8) is 0 Å². The van der Waals surface area contributed by atoms with Gasteiger partial charge in [-0.2, -0.15) is 5.26 Å². The Morgan fingerprint density at radius 2 is 2.00 bits per heavy atom. The van der Waals surface area contributed by atoms with E-state index in [0.717, 1.165) is 14.4 Å². The van der Waals surface area contributed by atoms with E-state index < -0.39 is 46.9 Å². The number of carbonyl (C=O) groups is 2. The maximum absolute atomic E-state index is 12.7. The molecule has 1 aliphatic rings. The van der Waals surface area contributed by atoms with Crippen molar-refractivity contribution in [2.75, 3.05) is 18.0 Å². The predicted octanol–water partition coefficient (Wildman–Crippen LogP) is 0.355. The van der Waals surface area contributed by atoms with E-state index in [0.29, 0.717) is 0 Å². The molecule has 0 unspecified atom stereocenters. The molecule has 2 aromatic heterocycles. The molecule has 1 amide bonds. The van der Waals surface area contributed by atoms with E-state index in [4.69, 9.17) is 0 Å². The average Bonchev–Trinajstić information content (AvgIpc) is 2.68. The molecule has 0 radical (unpaired) electrons. The van der Waals surface area contributed by atoms with Crippen LogP contribution < -0.4 is 10.5 Å². The van der Waals surface area contributed by atoms with Gasteiger partial charge in [0, 0.05) is 19.6 Å². The van der Waals surface area contributed by atoms with Gasteiger partial charge in [0.15, 0.2) is 5.69 Å². The van der Waals surface area contributed by atoms with Crippen molar-refractivity contribution < 1.29 is 24.7 Å². The average molecular weight is 416 g/mol. The summed E-state index contributed by atoms with van der Waals surface area (Å²) < 4.78 is 0.998. The first kappa shape index (κ1) is 20.5. The minimum Gasteiger partial charge on any atom is -0.480 e. The van der Waals surface area contributed by atoms with Crippen molar-refractivity contribution in [3.05, 3.63) is 38.3 Å². The Morgan fingerprint density at radius 3 is 2.53 bits per heavy atom. The summed E-state index contributed by atoms with van der Waals surface area (Å²) in [6, 6.07) is 2.30. The minimum atomic E-state index is -1.50. The molecule has 30 heavy (non-hydrogen) atoms. The van der Waals surface area contributed by atoms with Crippen molar-refractivity contribution in [1.82, 2.24) is 14.5 Å². The number of rotatable bonds is 3. The lowest BCUT2D eigenvalue weighted by Crippen LogP contribution is -2.61. The molecule has 0 aliphatic carbocycles. The number of hydrogen-bond acceptors (Lipinski definition) is 8. The molecule has 1 aliphatic heterocycles. The molecule has 0 aromatic carbocycles. The fourth-order valence-corrected chi connectivity index (χ4v) is 3.58. The number of nitriles is 1. The normalized spacial score (nSPS) is 18.8. The largest absolute Gasteiger partial charge is 0.480 e. The van der Waals surface area contributed by atoms with Gasteiger partial charge in [-0.1, -0.05) is 0 Å². The SMILES string of the molecule is C[C@@H]1CN(c2c([N+](=O)[O-])c(=O)n(C)c3ccc(C#N)nc23)[C@@H](C(=O)O)CN1C(=O)O. The van der Waals surface area contributed by atoms with E-state index in [1.54, 1.807) is 0 Å². The number of carboxylic acids is 1. The van der Waals surface area contributed by atoms with Gasteiger partial charge in [0.05, 0.1) is 17.0 Å². The summed E-state index contributed by atoms with van der Waals surface area (Å²) >= 11 is 0. The molecule has 0 saturated carbocycles. The lowest BCUT2D eigenvalue weighted by atomic mass is 10.0. The number of anilines is 1. The second-order valence-corrected chi connectivity index (χ2v) is 6.78. The summed E-state index contributed by atoms with van der Waals surface area (Å²) in [6.07, 6.45) is -1.33. The Labute approximate surface area is 168 Å². The molecule has 2 aromatic rings. The van der Waals surface area contributed by atoms with Gasteiger partial charge in [-0.3, -0.25) is 14.9 Å².